The van der Waals surface area contributed by atoms with Crippen molar-refractivity contribution in [3.8, 4) is 0 Å². The van der Waals surface area contributed by atoms with Gasteiger partial charge in [-0.25, -0.2) is 8.42 Å². The van der Waals surface area contributed by atoms with Crippen LogP contribution >= 0.6 is 11.6 Å². The summed E-state index contributed by atoms with van der Waals surface area (Å²) in [7, 11) is -3.51. The molecule has 1 aliphatic rings. The molecule has 0 amide bonds. The molecule has 1 aliphatic heterocycles. The van der Waals surface area contributed by atoms with Crippen LogP contribution in [0.2, 0.25) is 5.02 Å². The number of aromatic nitrogens is 1. The van der Waals surface area contributed by atoms with E-state index in [4.69, 9.17) is 17.3 Å². The van der Waals surface area contributed by atoms with Gasteiger partial charge in [-0.15, -0.1) is 0 Å². The van der Waals surface area contributed by atoms with Gasteiger partial charge in [0, 0.05) is 25.5 Å². The molecule has 7 heteroatoms. The monoisotopic (exact) mass is 289 g/mol. The Balaban J connectivity index is 2.28. The van der Waals surface area contributed by atoms with Crippen LogP contribution < -0.4 is 5.73 Å². The molecule has 2 N–H and O–H groups in total. The summed E-state index contributed by atoms with van der Waals surface area (Å²) in [6, 6.07) is 1.42. The van der Waals surface area contributed by atoms with Gasteiger partial charge in [-0.2, -0.15) is 4.31 Å². The Morgan fingerprint density at radius 1 is 1.56 bits per heavy atom. The molecule has 1 aromatic rings. The van der Waals surface area contributed by atoms with E-state index in [1.165, 1.54) is 22.8 Å². The van der Waals surface area contributed by atoms with Crippen molar-refractivity contribution in [3.05, 3.63) is 23.5 Å². The van der Waals surface area contributed by atoms with Crippen molar-refractivity contribution in [2.45, 2.75) is 18.2 Å². The van der Waals surface area contributed by atoms with Gasteiger partial charge in [0.1, 0.15) is 4.90 Å². The Morgan fingerprint density at radius 2 is 2.28 bits per heavy atom. The molecule has 2 heterocycles. The molecule has 0 aliphatic carbocycles. The van der Waals surface area contributed by atoms with E-state index in [0.717, 1.165) is 6.42 Å². The topological polar surface area (TPSA) is 76.3 Å². The summed E-state index contributed by atoms with van der Waals surface area (Å²) in [6.45, 7) is 3.41. The van der Waals surface area contributed by atoms with Crippen LogP contribution in [0.1, 0.15) is 13.3 Å². The Morgan fingerprint density at radius 3 is 2.83 bits per heavy atom. The molecule has 1 aromatic heterocycles. The van der Waals surface area contributed by atoms with Gasteiger partial charge in [0.05, 0.1) is 5.02 Å². The molecule has 0 spiro atoms. The van der Waals surface area contributed by atoms with Crippen LogP contribution in [0, 0.1) is 5.41 Å². The first-order chi connectivity index (χ1) is 8.37. The first-order valence-electron chi connectivity index (χ1n) is 5.68. The maximum absolute atomic E-state index is 12.4. The van der Waals surface area contributed by atoms with E-state index < -0.39 is 10.0 Å². The molecule has 1 saturated heterocycles. The SMILES string of the molecule is CC1(CN)CCN(S(=O)(=O)c2cncc(Cl)c2)C1. The zero-order chi connectivity index (χ0) is 13.4. The Hall–Kier alpha value is -0.690. The summed E-state index contributed by atoms with van der Waals surface area (Å²) in [4.78, 5) is 3.95. The molecule has 0 bridgehead atoms. The molecule has 1 atom stereocenters. The van der Waals surface area contributed by atoms with Gasteiger partial charge in [-0.3, -0.25) is 4.98 Å². The summed E-state index contributed by atoms with van der Waals surface area (Å²) < 4.78 is 26.2. The zero-order valence-corrected chi connectivity index (χ0v) is 11.7. The van der Waals surface area contributed by atoms with Gasteiger partial charge >= 0.3 is 0 Å². The Labute approximate surface area is 112 Å². The van der Waals surface area contributed by atoms with Crippen LogP contribution in [0.4, 0.5) is 0 Å². The lowest BCUT2D eigenvalue weighted by atomic mass is 9.90. The Bertz CT molecular complexity index is 549. The summed E-state index contributed by atoms with van der Waals surface area (Å²) in [5.41, 5.74) is 5.54. The highest BCUT2D eigenvalue weighted by Gasteiger charge is 2.39. The number of hydrogen-bond acceptors (Lipinski definition) is 4. The number of hydrogen-bond donors (Lipinski definition) is 1. The van der Waals surface area contributed by atoms with E-state index in [1.54, 1.807) is 0 Å². The minimum Gasteiger partial charge on any atom is -0.330 e. The number of pyridine rings is 1. The number of nitrogens with two attached hydrogens (primary N) is 1. The highest BCUT2D eigenvalue weighted by Crippen LogP contribution is 2.32. The normalized spacial score (nSPS) is 25.5. The molecule has 18 heavy (non-hydrogen) atoms. The van der Waals surface area contributed by atoms with E-state index in [0.29, 0.717) is 24.7 Å². The largest absolute Gasteiger partial charge is 0.330 e. The quantitative estimate of drug-likeness (QED) is 0.904. The van der Waals surface area contributed by atoms with Gasteiger partial charge in [-0.05, 0) is 24.4 Å². The standard InChI is InChI=1S/C11H16ClN3O2S/c1-11(7-13)2-3-15(8-11)18(16,17)10-4-9(12)5-14-6-10/h4-6H,2-3,7-8,13H2,1H3. The maximum atomic E-state index is 12.4. The molecule has 2 rings (SSSR count). The number of rotatable bonds is 3. The summed E-state index contributed by atoms with van der Waals surface area (Å²) in [6.07, 6.45) is 3.50. The highest BCUT2D eigenvalue weighted by molar-refractivity contribution is 7.89. The molecular formula is C11H16ClN3O2S. The smallest absolute Gasteiger partial charge is 0.244 e. The molecule has 0 radical (unpaired) electrons. The van der Waals surface area contributed by atoms with Crippen LogP contribution in [0.15, 0.2) is 23.4 Å². The van der Waals surface area contributed by atoms with Crippen molar-refractivity contribution >= 4 is 21.6 Å². The third-order valence-electron chi connectivity index (χ3n) is 3.33. The van der Waals surface area contributed by atoms with Crippen LogP contribution in [0.25, 0.3) is 0 Å². The number of sulfonamides is 1. The molecular weight excluding hydrogens is 274 g/mol. The van der Waals surface area contributed by atoms with Gasteiger partial charge in [0.2, 0.25) is 10.0 Å². The van der Waals surface area contributed by atoms with Crippen LogP contribution in [0.5, 0.6) is 0 Å². The van der Waals surface area contributed by atoms with Crippen molar-refractivity contribution in [1.29, 1.82) is 0 Å². The lowest BCUT2D eigenvalue weighted by Gasteiger charge is -2.22. The average molecular weight is 290 g/mol. The van der Waals surface area contributed by atoms with Gasteiger partial charge in [-0.1, -0.05) is 18.5 Å². The predicted octanol–water partition coefficient (Wildman–Crippen LogP) is 1.09. The second-order valence-electron chi connectivity index (χ2n) is 4.94. The third kappa shape index (κ3) is 2.51. The van der Waals surface area contributed by atoms with E-state index in [1.807, 2.05) is 6.92 Å². The fraction of sp³-hybridized carbons (Fsp3) is 0.545. The zero-order valence-electron chi connectivity index (χ0n) is 10.1. The molecule has 1 fully saturated rings. The number of halogens is 1. The fourth-order valence-corrected chi connectivity index (χ4v) is 3.85. The van der Waals surface area contributed by atoms with Crippen LogP contribution in [-0.4, -0.2) is 37.3 Å². The van der Waals surface area contributed by atoms with E-state index >= 15 is 0 Å². The lowest BCUT2D eigenvalue weighted by Crippen LogP contribution is -2.34. The first-order valence-corrected chi connectivity index (χ1v) is 7.50. The van der Waals surface area contributed by atoms with E-state index in [9.17, 15) is 8.42 Å². The van der Waals surface area contributed by atoms with E-state index in [2.05, 4.69) is 4.98 Å². The van der Waals surface area contributed by atoms with Gasteiger partial charge in [0.25, 0.3) is 0 Å². The van der Waals surface area contributed by atoms with Crippen molar-refractivity contribution < 1.29 is 8.42 Å². The molecule has 0 aromatic carbocycles. The van der Waals surface area contributed by atoms with Crippen molar-refractivity contribution in [2.24, 2.45) is 11.1 Å². The van der Waals surface area contributed by atoms with Crippen molar-refractivity contribution in [2.75, 3.05) is 19.6 Å². The Kier molecular flexibility index (Phi) is 3.64. The van der Waals surface area contributed by atoms with Gasteiger partial charge < -0.3 is 5.73 Å². The molecule has 5 nitrogen and oxygen atoms in total. The molecule has 0 saturated carbocycles. The second kappa shape index (κ2) is 4.77. The second-order valence-corrected chi connectivity index (χ2v) is 7.32. The lowest BCUT2D eigenvalue weighted by molar-refractivity contribution is 0.349. The average Bonchev–Trinajstić information content (AvgIpc) is 2.73. The predicted molar refractivity (Wildman–Crippen MR) is 69.8 cm³/mol. The number of nitrogens with zero attached hydrogens (tertiary/aromatic N) is 2. The van der Waals surface area contributed by atoms with Crippen LogP contribution in [-0.2, 0) is 10.0 Å². The van der Waals surface area contributed by atoms with Gasteiger partial charge in [0.15, 0.2) is 0 Å². The van der Waals surface area contributed by atoms with Crippen molar-refractivity contribution in [1.82, 2.24) is 9.29 Å². The molecule has 1 unspecified atom stereocenters. The third-order valence-corrected chi connectivity index (χ3v) is 5.35. The maximum Gasteiger partial charge on any atom is 0.244 e. The highest BCUT2D eigenvalue weighted by atomic mass is 35.5. The minimum absolute atomic E-state index is 0.135. The van der Waals surface area contributed by atoms with Crippen LogP contribution in [0.3, 0.4) is 0 Å². The summed E-state index contributed by atoms with van der Waals surface area (Å²) in [5, 5.41) is 0.317. The summed E-state index contributed by atoms with van der Waals surface area (Å²) in [5.74, 6) is 0. The fourth-order valence-electron chi connectivity index (χ4n) is 2.03. The van der Waals surface area contributed by atoms with E-state index in [-0.39, 0.29) is 10.3 Å². The minimum atomic E-state index is -3.51. The summed E-state index contributed by atoms with van der Waals surface area (Å²) >= 11 is 5.78. The van der Waals surface area contributed by atoms with Crippen molar-refractivity contribution in [3.63, 3.8) is 0 Å². The first kappa shape index (κ1) is 13.7. The molecule has 100 valence electrons.